The van der Waals surface area contributed by atoms with Gasteiger partial charge < -0.3 is 14.2 Å². The average molecular weight is 431 g/mol. The molecule has 2 fully saturated rings. The van der Waals surface area contributed by atoms with Crippen LogP contribution in [-0.2, 0) is 0 Å². The molecule has 0 radical (unpaired) electrons. The van der Waals surface area contributed by atoms with Crippen LogP contribution in [0.3, 0.4) is 0 Å². The Morgan fingerprint density at radius 1 is 1.00 bits per heavy atom. The molecule has 8 nitrogen and oxygen atoms in total. The molecular formula is C24H25N5O3. The zero-order chi connectivity index (χ0) is 22.1. The minimum absolute atomic E-state index is 0.00670. The van der Waals surface area contributed by atoms with E-state index in [0.717, 1.165) is 19.3 Å². The lowest BCUT2D eigenvalue weighted by molar-refractivity contribution is 0.0561. The molecule has 2 aliphatic rings. The van der Waals surface area contributed by atoms with Crippen LogP contribution in [-0.4, -0.2) is 56.4 Å². The van der Waals surface area contributed by atoms with Crippen LogP contribution in [0.4, 0.5) is 0 Å². The molecule has 2 aliphatic heterocycles. The maximum atomic E-state index is 13.4. The zero-order valence-electron chi connectivity index (χ0n) is 18.0. The summed E-state index contributed by atoms with van der Waals surface area (Å²) in [6, 6.07) is 12.6. The first kappa shape index (κ1) is 20.4. The van der Waals surface area contributed by atoms with E-state index in [9.17, 15) is 9.59 Å². The van der Waals surface area contributed by atoms with Gasteiger partial charge >= 0.3 is 0 Å². The molecule has 2 amide bonds. The van der Waals surface area contributed by atoms with Gasteiger partial charge in [0.1, 0.15) is 6.04 Å². The second-order valence-corrected chi connectivity index (χ2v) is 8.71. The van der Waals surface area contributed by atoms with Crippen molar-refractivity contribution in [2.24, 2.45) is 5.41 Å². The number of piperidine rings is 1. The predicted octanol–water partition coefficient (Wildman–Crippen LogP) is 3.28. The number of aryl methyl sites for hydroxylation is 1. The highest BCUT2D eigenvalue weighted by molar-refractivity contribution is 5.95. The zero-order valence-corrected chi connectivity index (χ0v) is 18.0. The Hall–Kier alpha value is -3.55. The molecule has 5 rings (SSSR count). The summed E-state index contributed by atoms with van der Waals surface area (Å²) < 4.78 is 5.75. The van der Waals surface area contributed by atoms with E-state index in [-0.39, 0.29) is 23.3 Å². The third-order valence-corrected chi connectivity index (χ3v) is 6.64. The van der Waals surface area contributed by atoms with Crippen molar-refractivity contribution in [1.82, 2.24) is 25.0 Å². The molecule has 1 aromatic carbocycles. The number of carbonyl (C=O) groups excluding carboxylic acids is 2. The minimum Gasteiger partial charge on any atom is -0.423 e. The van der Waals surface area contributed by atoms with Gasteiger partial charge in [-0.15, -0.1) is 10.2 Å². The van der Waals surface area contributed by atoms with Crippen molar-refractivity contribution in [2.75, 3.05) is 19.6 Å². The lowest BCUT2D eigenvalue weighted by Crippen LogP contribution is -2.44. The van der Waals surface area contributed by atoms with Gasteiger partial charge in [-0.3, -0.25) is 14.6 Å². The molecule has 0 aliphatic carbocycles. The van der Waals surface area contributed by atoms with E-state index in [4.69, 9.17) is 4.42 Å². The summed E-state index contributed by atoms with van der Waals surface area (Å²) in [6.07, 6.45) is 5.67. The topological polar surface area (TPSA) is 92.4 Å². The number of likely N-dealkylation sites (tertiary alicyclic amines) is 2. The first-order valence-electron chi connectivity index (χ1n) is 10.9. The van der Waals surface area contributed by atoms with Gasteiger partial charge in [0, 0.05) is 44.5 Å². The molecule has 0 saturated carbocycles. The van der Waals surface area contributed by atoms with Gasteiger partial charge in [-0.25, -0.2) is 0 Å². The van der Waals surface area contributed by atoms with Gasteiger partial charge in [0.25, 0.3) is 11.8 Å². The SMILES string of the molecule is Cc1nnc(C2CC3(CCN(C(=O)c4cccnc4)CC3)CN2C(=O)c2ccccc2)o1. The summed E-state index contributed by atoms with van der Waals surface area (Å²) in [5.74, 6) is 0.951. The van der Waals surface area contributed by atoms with Crippen LogP contribution in [0.5, 0.6) is 0 Å². The molecule has 0 N–H and O–H groups in total. The fourth-order valence-corrected chi connectivity index (χ4v) is 4.90. The highest BCUT2D eigenvalue weighted by atomic mass is 16.4. The van der Waals surface area contributed by atoms with Gasteiger partial charge in [0.15, 0.2) is 0 Å². The Morgan fingerprint density at radius 2 is 1.75 bits per heavy atom. The Kier molecular flexibility index (Phi) is 5.20. The lowest BCUT2D eigenvalue weighted by Gasteiger charge is -2.39. The highest BCUT2D eigenvalue weighted by Gasteiger charge is 2.50. The van der Waals surface area contributed by atoms with Crippen LogP contribution in [0, 0.1) is 12.3 Å². The summed E-state index contributed by atoms with van der Waals surface area (Å²) in [4.78, 5) is 34.0. The van der Waals surface area contributed by atoms with Crippen LogP contribution in [0.2, 0.25) is 0 Å². The van der Waals surface area contributed by atoms with E-state index in [0.29, 0.717) is 42.5 Å². The van der Waals surface area contributed by atoms with E-state index in [1.54, 1.807) is 31.5 Å². The third kappa shape index (κ3) is 3.77. The van der Waals surface area contributed by atoms with Gasteiger partial charge in [-0.2, -0.15) is 0 Å². The van der Waals surface area contributed by atoms with Crippen molar-refractivity contribution < 1.29 is 14.0 Å². The Morgan fingerprint density at radius 3 is 2.41 bits per heavy atom. The second kappa shape index (κ2) is 8.18. The van der Waals surface area contributed by atoms with E-state index < -0.39 is 0 Å². The summed E-state index contributed by atoms with van der Waals surface area (Å²) in [6.45, 7) is 3.67. The Balaban J connectivity index is 1.36. The maximum Gasteiger partial charge on any atom is 0.255 e. The van der Waals surface area contributed by atoms with Crippen molar-refractivity contribution in [3.63, 3.8) is 0 Å². The van der Waals surface area contributed by atoms with E-state index in [2.05, 4.69) is 15.2 Å². The first-order chi connectivity index (χ1) is 15.5. The molecule has 2 aromatic heterocycles. The number of hydrogen-bond acceptors (Lipinski definition) is 6. The van der Waals surface area contributed by atoms with Gasteiger partial charge in [-0.1, -0.05) is 18.2 Å². The fourth-order valence-electron chi connectivity index (χ4n) is 4.90. The normalized spacial score (nSPS) is 20.0. The molecule has 164 valence electrons. The molecule has 1 atom stereocenters. The number of carbonyl (C=O) groups is 2. The average Bonchev–Trinajstić information content (AvgIpc) is 3.43. The molecular weight excluding hydrogens is 406 g/mol. The summed E-state index contributed by atoms with van der Waals surface area (Å²) in [5.41, 5.74) is 1.17. The molecule has 8 heteroatoms. The largest absolute Gasteiger partial charge is 0.423 e. The standard InChI is InChI=1S/C24H25N5O3/c1-17-26-27-21(32-17)20-14-24(16-29(20)23(31)18-6-3-2-4-7-18)9-12-28(13-10-24)22(30)19-8-5-11-25-15-19/h2-8,11,15,20H,9-10,12-14,16H2,1H3. The van der Waals surface area contributed by atoms with Crippen molar-refractivity contribution >= 4 is 11.8 Å². The number of pyridine rings is 1. The van der Waals surface area contributed by atoms with Gasteiger partial charge in [-0.05, 0) is 48.9 Å². The molecule has 4 heterocycles. The van der Waals surface area contributed by atoms with Gasteiger partial charge in [0.05, 0.1) is 5.56 Å². The fraction of sp³-hybridized carbons (Fsp3) is 0.375. The molecule has 1 unspecified atom stereocenters. The summed E-state index contributed by atoms with van der Waals surface area (Å²) in [7, 11) is 0. The molecule has 3 aromatic rings. The number of amides is 2. The van der Waals surface area contributed by atoms with Crippen molar-refractivity contribution in [3.8, 4) is 0 Å². The van der Waals surface area contributed by atoms with Crippen LogP contribution < -0.4 is 0 Å². The van der Waals surface area contributed by atoms with E-state index >= 15 is 0 Å². The van der Waals surface area contributed by atoms with Gasteiger partial charge in [0.2, 0.25) is 11.8 Å². The van der Waals surface area contributed by atoms with Crippen LogP contribution in [0.15, 0.2) is 59.3 Å². The molecule has 32 heavy (non-hydrogen) atoms. The number of rotatable bonds is 3. The minimum atomic E-state index is -0.260. The predicted molar refractivity (Wildman–Crippen MR) is 116 cm³/mol. The van der Waals surface area contributed by atoms with Crippen molar-refractivity contribution in [1.29, 1.82) is 0 Å². The molecule has 0 bridgehead atoms. The maximum absolute atomic E-state index is 13.4. The van der Waals surface area contributed by atoms with Crippen molar-refractivity contribution in [3.05, 3.63) is 77.8 Å². The second-order valence-electron chi connectivity index (χ2n) is 8.71. The van der Waals surface area contributed by atoms with E-state index in [1.807, 2.05) is 40.1 Å². The number of benzene rings is 1. The Labute approximate surface area is 186 Å². The first-order valence-corrected chi connectivity index (χ1v) is 10.9. The number of aromatic nitrogens is 3. The molecule has 2 saturated heterocycles. The monoisotopic (exact) mass is 431 g/mol. The summed E-state index contributed by atoms with van der Waals surface area (Å²) in [5, 5.41) is 8.22. The van der Waals surface area contributed by atoms with Crippen LogP contribution >= 0.6 is 0 Å². The molecule has 1 spiro atoms. The smallest absolute Gasteiger partial charge is 0.255 e. The van der Waals surface area contributed by atoms with Crippen LogP contribution in [0.1, 0.15) is 57.8 Å². The van der Waals surface area contributed by atoms with Crippen LogP contribution in [0.25, 0.3) is 0 Å². The Bertz CT molecular complexity index is 1110. The number of nitrogens with zero attached hydrogens (tertiary/aromatic N) is 5. The summed E-state index contributed by atoms with van der Waals surface area (Å²) >= 11 is 0. The van der Waals surface area contributed by atoms with Crippen molar-refractivity contribution in [2.45, 2.75) is 32.2 Å². The quantitative estimate of drug-likeness (QED) is 0.632. The number of hydrogen-bond donors (Lipinski definition) is 0. The van der Waals surface area contributed by atoms with E-state index in [1.165, 1.54) is 0 Å². The highest BCUT2D eigenvalue weighted by Crippen LogP contribution is 2.49. The lowest BCUT2D eigenvalue weighted by atomic mass is 9.76. The third-order valence-electron chi connectivity index (χ3n) is 6.64.